The minimum Gasteiger partial charge on any atom is -0.365 e. The van der Waals surface area contributed by atoms with Gasteiger partial charge in [-0.1, -0.05) is 49.2 Å². The van der Waals surface area contributed by atoms with Gasteiger partial charge in [0, 0.05) is 7.05 Å². The van der Waals surface area contributed by atoms with Crippen molar-refractivity contribution >= 4 is 34.6 Å². The summed E-state index contributed by atoms with van der Waals surface area (Å²) < 4.78 is 0. The molecule has 0 aromatic heterocycles. The van der Waals surface area contributed by atoms with E-state index >= 15 is 0 Å². The van der Waals surface area contributed by atoms with Crippen molar-refractivity contribution in [1.29, 1.82) is 0 Å². The fourth-order valence-electron chi connectivity index (χ4n) is 1.45. The highest BCUT2D eigenvalue weighted by Gasteiger charge is 2.28. The second-order valence-electron chi connectivity index (χ2n) is 3.05. The lowest BCUT2D eigenvalue weighted by Gasteiger charge is -2.36. The zero-order valence-corrected chi connectivity index (χ0v) is 10.7. The molecule has 0 radical (unpaired) electrons. The van der Waals surface area contributed by atoms with Crippen molar-refractivity contribution in [2.45, 2.75) is 24.8 Å². The predicted octanol–water partition coefficient (Wildman–Crippen LogP) is 3.70. The largest absolute Gasteiger partial charge is 0.365 e. The Morgan fingerprint density at radius 2 is 1.80 bits per heavy atom. The number of rotatable bonds is 0. The van der Waals surface area contributed by atoms with Crippen LogP contribution >= 0.6 is 23.2 Å². The Balaban J connectivity index is 0.000000531. The molecule has 0 saturated carbocycles. The molecular weight excluding hydrogens is 231 g/mol. The third kappa shape index (κ3) is 2.50. The van der Waals surface area contributed by atoms with Crippen LogP contribution in [-0.4, -0.2) is 18.0 Å². The molecule has 2 rings (SSSR count). The third-order valence-corrected chi connectivity index (χ3v) is 3.21. The summed E-state index contributed by atoms with van der Waals surface area (Å²) in [6.45, 7) is 4.00. The van der Waals surface area contributed by atoms with Crippen LogP contribution in [0, 0.1) is 0 Å². The van der Waals surface area contributed by atoms with E-state index in [1.165, 1.54) is 0 Å². The van der Waals surface area contributed by atoms with Crippen LogP contribution in [0.2, 0.25) is 0 Å². The molecule has 15 heavy (non-hydrogen) atoms. The van der Waals surface area contributed by atoms with Crippen LogP contribution in [0.5, 0.6) is 0 Å². The normalized spacial score (nSPS) is 23.4. The number of alkyl halides is 2. The first-order valence-corrected chi connectivity index (χ1v) is 5.94. The number of likely N-dealkylation sites (N-methyl/N-ethyl adjacent to an activating group) is 1. The van der Waals surface area contributed by atoms with Crippen molar-refractivity contribution in [1.82, 2.24) is 0 Å². The van der Waals surface area contributed by atoms with Gasteiger partial charge in [0.2, 0.25) is 0 Å². The highest BCUT2D eigenvalue weighted by molar-refractivity contribution is 6.32. The summed E-state index contributed by atoms with van der Waals surface area (Å²) in [5, 5.41) is 3.13. The predicted molar refractivity (Wildman–Crippen MR) is 69.1 cm³/mol. The fraction of sp³-hybridized carbons (Fsp3) is 0.455. The minimum absolute atomic E-state index is 0.212. The number of halogens is 2. The first kappa shape index (κ1) is 12.5. The van der Waals surface area contributed by atoms with Gasteiger partial charge in [-0.25, -0.2) is 0 Å². The summed E-state index contributed by atoms with van der Waals surface area (Å²) in [6, 6.07) is 7.96. The van der Waals surface area contributed by atoms with E-state index in [1.54, 1.807) is 0 Å². The summed E-state index contributed by atoms with van der Waals surface area (Å²) in [6.07, 6.45) is 0. The summed E-state index contributed by atoms with van der Waals surface area (Å²) in [4.78, 5) is 1.96. The Bertz CT molecular complexity index is 317. The van der Waals surface area contributed by atoms with E-state index in [0.29, 0.717) is 0 Å². The Morgan fingerprint density at radius 1 is 1.20 bits per heavy atom. The highest BCUT2D eigenvalue weighted by Crippen LogP contribution is 2.34. The second kappa shape index (κ2) is 5.47. The van der Waals surface area contributed by atoms with Crippen LogP contribution in [-0.2, 0) is 0 Å². The lowest BCUT2D eigenvalue weighted by atomic mass is 10.2. The monoisotopic (exact) mass is 246 g/mol. The van der Waals surface area contributed by atoms with Crippen LogP contribution in [0.15, 0.2) is 24.3 Å². The van der Waals surface area contributed by atoms with Gasteiger partial charge in [0.1, 0.15) is 11.0 Å². The zero-order valence-electron chi connectivity index (χ0n) is 9.17. The van der Waals surface area contributed by atoms with E-state index in [9.17, 15) is 0 Å². The van der Waals surface area contributed by atoms with Gasteiger partial charge in [0.15, 0.2) is 0 Å². The van der Waals surface area contributed by atoms with Crippen molar-refractivity contribution in [3.8, 4) is 0 Å². The third-order valence-electron chi connectivity index (χ3n) is 2.19. The molecule has 1 aliphatic rings. The first-order chi connectivity index (χ1) is 7.20. The SMILES string of the molecule is CC.CN1c2ccccc2NC(Cl)C1Cl. The number of nitrogens with zero attached hydrogens (tertiary/aromatic N) is 1. The Morgan fingerprint density at radius 3 is 2.47 bits per heavy atom. The number of anilines is 2. The van der Waals surface area contributed by atoms with E-state index in [0.717, 1.165) is 11.4 Å². The van der Waals surface area contributed by atoms with Crippen molar-refractivity contribution in [2.75, 3.05) is 17.3 Å². The smallest absolute Gasteiger partial charge is 0.138 e. The fourth-order valence-corrected chi connectivity index (χ4v) is 1.90. The summed E-state index contributed by atoms with van der Waals surface area (Å²) in [7, 11) is 1.94. The van der Waals surface area contributed by atoms with Gasteiger partial charge in [-0.05, 0) is 12.1 Å². The van der Waals surface area contributed by atoms with Gasteiger partial charge in [-0.2, -0.15) is 0 Å². The molecule has 1 heterocycles. The molecule has 0 amide bonds. The highest BCUT2D eigenvalue weighted by atomic mass is 35.5. The van der Waals surface area contributed by atoms with Gasteiger partial charge in [0.25, 0.3) is 0 Å². The van der Waals surface area contributed by atoms with Crippen molar-refractivity contribution in [3.05, 3.63) is 24.3 Å². The maximum absolute atomic E-state index is 6.08. The van der Waals surface area contributed by atoms with Gasteiger partial charge in [-0.3, -0.25) is 0 Å². The molecule has 1 aromatic carbocycles. The number of benzene rings is 1. The molecule has 4 heteroatoms. The van der Waals surface area contributed by atoms with Crippen LogP contribution in [0.25, 0.3) is 0 Å². The van der Waals surface area contributed by atoms with Crippen molar-refractivity contribution in [2.24, 2.45) is 0 Å². The lowest BCUT2D eigenvalue weighted by Crippen LogP contribution is -2.42. The van der Waals surface area contributed by atoms with Gasteiger partial charge in [0.05, 0.1) is 11.4 Å². The molecular formula is C11H16Cl2N2. The quantitative estimate of drug-likeness (QED) is 0.555. The van der Waals surface area contributed by atoms with E-state index in [4.69, 9.17) is 23.2 Å². The molecule has 1 aliphatic heterocycles. The van der Waals surface area contributed by atoms with Crippen molar-refractivity contribution in [3.63, 3.8) is 0 Å². The van der Waals surface area contributed by atoms with E-state index in [2.05, 4.69) is 5.32 Å². The molecule has 0 bridgehead atoms. The van der Waals surface area contributed by atoms with Crippen LogP contribution in [0.3, 0.4) is 0 Å². The number of nitrogens with one attached hydrogen (secondary N) is 1. The van der Waals surface area contributed by atoms with E-state index < -0.39 is 0 Å². The average Bonchev–Trinajstić information content (AvgIpc) is 2.29. The van der Waals surface area contributed by atoms with E-state index in [1.807, 2.05) is 50.1 Å². The van der Waals surface area contributed by atoms with E-state index in [-0.39, 0.29) is 11.0 Å². The van der Waals surface area contributed by atoms with Crippen LogP contribution in [0.4, 0.5) is 11.4 Å². The van der Waals surface area contributed by atoms with Gasteiger partial charge < -0.3 is 10.2 Å². The molecule has 1 N–H and O–H groups in total. The van der Waals surface area contributed by atoms with Gasteiger partial charge >= 0.3 is 0 Å². The number of hydrogen-bond donors (Lipinski definition) is 1. The average molecular weight is 247 g/mol. The maximum Gasteiger partial charge on any atom is 0.138 e. The summed E-state index contributed by atoms with van der Waals surface area (Å²) in [5.41, 5.74) is 1.65. The Labute approximate surface area is 101 Å². The Kier molecular flexibility index (Phi) is 4.55. The van der Waals surface area contributed by atoms with Crippen LogP contribution in [0.1, 0.15) is 13.8 Å². The Hall–Kier alpha value is -0.600. The molecule has 2 nitrogen and oxygen atoms in total. The maximum atomic E-state index is 6.08. The van der Waals surface area contributed by atoms with Crippen molar-refractivity contribution < 1.29 is 0 Å². The summed E-state index contributed by atoms with van der Waals surface area (Å²) in [5.74, 6) is 0. The van der Waals surface area contributed by atoms with Gasteiger partial charge in [-0.15, -0.1) is 0 Å². The molecule has 2 unspecified atom stereocenters. The number of fused-ring (bicyclic) bond motifs is 1. The number of hydrogen-bond acceptors (Lipinski definition) is 2. The molecule has 0 saturated heterocycles. The topological polar surface area (TPSA) is 15.3 Å². The zero-order chi connectivity index (χ0) is 11.4. The molecule has 2 atom stereocenters. The molecule has 0 spiro atoms. The standard InChI is InChI=1S/C9H10Cl2N2.C2H6/c1-13-7-5-3-2-4-6(7)12-8(10)9(13)11;1-2/h2-5,8-9,12H,1H3;1-2H3. The van der Waals surface area contributed by atoms with Crippen LogP contribution < -0.4 is 10.2 Å². The molecule has 0 fully saturated rings. The molecule has 84 valence electrons. The number of para-hydroxylation sites is 2. The molecule has 0 aliphatic carbocycles. The lowest BCUT2D eigenvalue weighted by molar-refractivity contribution is 0.779. The molecule has 1 aromatic rings. The second-order valence-corrected chi connectivity index (χ2v) is 3.96. The minimum atomic E-state index is -0.249. The summed E-state index contributed by atoms with van der Waals surface area (Å²) >= 11 is 12.1. The first-order valence-electron chi connectivity index (χ1n) is 5.06.